The van der Waals surface area contributed by atoms with Crippen LogP contribution in [0.2, 0.25) is 0 Å². The van der Waals surface area contributed by atoms with E-state index >= 15 is 0 Å². The number of carbonyl (C=O) groups is 1. The van der Waals surface area contributed by atoms with Gasteiger partial charge in [-0.2, -0.15) is 0 Å². The molecule has 1 heterocycles. The van der Waals surface area contributed by atoms with Crippen LogP contribution < -0.4 is 5.32 Å². The highest BCUT2D eigenvalue weighted by Gasteiger charge is 2.11. The summed E-state index contributed by atoms with van der Waals surface area (Å²) in [6, 6.07) is 0. The summed E-state index contributed by atoms with van der Waals surface area (Å²) in [7, 11) is 4.00. The van der Waals surface area contributed by atoms with E-state index in [9.17, 15) is 4.79 Å². The number of hydrogen-bond acceptors (Lipinski definition) is 4. The SMILES string of the molecule is CN(C)CCNC(=O)CCN1CCOCC1. The van der Waals surface area contributed by atoms with Crippen LogP contribution in [0.1, 0.15) is 6.42 Å². The van der Waals surface area contributed by atoms with Crippen molar-refractivity contribution in [3.8, 4) is 0 Å². The van der Waals surface area contributed by atoms with Crippen LogP contribution in [0.4, 0.5) is 0 Å². The van der Waals surface area contributed by atoms with E-state index in [-0.39, 0.29) is 5.91 Å². The first-order chi connectivity index (χ1) is 7.68. The van der Waals surface area contributed by atoms with Crippen LogP contribution in [-0.4, -0.2) is 75.7 Å². The first kappa shape index (κ1) is 13.4. The summed E-state index contributed by atoms with van der Waals surface area (Å²) in [5.41, 5.74) is 0. The second-order valence-corrected chi connectivity index (χ2v) is 4.36. The van der Waals surface area contributed by atoms with Gasteiger partial charge in [0.15, 0.2) is 0 Å². The molecule has 0 atom stereocenters. The highest BCUT2D eigenvalue weighted by atomic mass is 16.5. The second-order valence-electron chi connectivity index (χ2n) is 4.36. The molecule has 1 aliphatic rings. The maximum atomic E-state index is 11.5. The number of likely N-dealkylation sites (N-methyl/N-ethyl adjacent to an activating group) is 1. The highest BCUT2D eigenvalue weighted by molar-refractivity contribution is 5.76. The Labute approximate surface area is 97.7 Å². The smallest absolute Gasteiger partial charge is 0.221 e. The molecule has 1 rings (SSSR count). The quantitative estimate of drug-likeness (QED) is 0.660. The molecule has 0 aromatic heterocycles. The number of nitrogens with one attached hydrogen (secondary N) is 1. The molecule has 0 bridgehead atoms. The summed E-state index contributed by atoms with van der Waals surface area (Å²) < 4.78 is 5.25. The monoisotopic (exact) mass is 229 g/mol. The van der Waals surface area contributed by atoms with Gasteiger partial charge in [-0.1, -0.05) is 0 Å². The lowest BCUT2D eigenvalue weighted by molar-refractivity contribution is -0.121. The average Bonchev–Trinajstić information content (AvgIpc) is 2.27. The molecule has 0 spiro atoms. The van der Waals surface area contributed by atoms with Crippen molar-refractivity contribution < 1.29 is 9.53 Å². The molecule has 1 aliphatic heterocycles. The van der Waals surface area contributed by atoms with E-state index in [1.807, 2.05) is 14.1 Å². The van der Waals surface area contributed by atoms with E-state index in [0.29, 0.717) is 6.42 Å². The molecule has 16 heavy (non-hydrogen) atoms. The maximum Gasteiger partial charge on any atom is 0.221 e. The van der Waals surface area contributed by atoms with Crippen molar-refractivity contribution in [2.45, 2.75) is 6.42 Å². The van der Waals surface area contributed by atoms with Crippen molar-refractivity contribution >= 4 is 5.91 Å². The Balaban J connectivity index is 2.00. The molecule has 0 aromatic carbocycles. The molecule has 0 saturated carbocycles. The summed E-state index contributed by atoms with van der Waals surface area (Å²) in [4.78, 5) is 15.8. The van der Waals surface area contributed by atoms with Crippen LogP contribution in [-0.2, 0) is 9.53 Å². The third-order valence-corrected chi connectivity index (χ3v) is 2.64. The zero-order valence-corrected chi connectivity index (χ0v) is 10.4. The molecule has 0 aliphatic carbocycles. The van der Waals surface area contributed by atoms with E-state index in [1.165, 1.54) is 0 Å². The second kappa shape index (κ2) is 7.60. The van der Waals surface area contributed by atoms with Crippen molar-refractivity contribution in [1.29, 1.82) is 0 Å². The number of morpholine rings is 1. The third-order valence-electron chi connectivity index (χ3n) is 2.64. The number of ether oxygens (including phenoxy) is 1. The lowest BCUT2D eigenvalue weighted by Gasteiger charge is -2.26. The Hall–Kier alpha value is -0.650. The summed E-state index contributed by atoms with van der Waals surface area (Å²) in [5, 5.41) is 2.92. The Morgan fingerprint density at radius 3 is 2.69 bits per heavy atom. The maximum absolute atomic E-state index is 11.5. The van der Waals surface area contributed by atoms with E-state index in [4.69, 9.17) is 4.74 Å². The number of carbonyl (C=O) groups excluding carboxylic acids is 1. The molecule has 5 nitrogen and oxygen atoms in total. The molecular weight excluding hydrogens is 206 g/mol. The van der Waals surface area contributed by atoms with Gasteiger partial charge in [0.1, 0.15) is 0 Å². The summed E-state index contributed by atoms with van der Waals surface area (Å²) in [6.07, 6.45) is 0.591. The Kier molecular flexibility index (Phi) is 6.37. The van der Waals surface area contributed by atoms with Crippen molar-refractivity contribution in [2.24, 2.45) is 0 Å². The predicted octanol–water partition coefficient (Wildman–Crippen LogP) is -0.613. The topological polar surface area (TPSA) is 44.8 Å². The van der Waals surface area contributed by atoms with Crippen LogP contribution >= 0.6 is 0 Å². The summed E-state index contributed by atoms with van der Waals surface area (Å²) in [6.45, 7) is 5.95. The number of nitrogens with zero attached hydrogens (tertiary/aromatic N) is 2. The minimum Gasteiger partial charge on any atom is -0.379 e. The zero-order chi connectivity index (χ0) is 11.8. The summed E-state index contributed by atoms with van der Waals surface area (Å²) in [5.74, 6) is 0.147. The van der Waals surface area contributed by atoms with E-state index in [1.54, 1.807) is 0 Å². The van der Waals surface area contributed by atoms with E-state index in [0.717, 1.165) is 45.9 Å². The van der Waals surface area contributed by atoms with Gasteiger partial charge >= 0.3 is 0 Å². The molecular formula is C11H23N3O2. The van der Waals surface area contributed by atoms with Crippen LogP contribution in [0.15, 0.2) is 0 Å². The van der Waals surface area contributed by atoms with Gasteiger partial charge in [-0.05, 0) is 14.1 Å². The van der Waals surface area contributed by atoms with Gasteiger partial charge in [-0.3, -0.25) is 9.69 Å². The van der Waals surface area contributed by atoms with Gasteiger partial charge in [0.05, 0.1) is 13.2 Å². The fraction of sp³-hybridized carbons (Fsp3) is 0.909. The largest absolute Gasteiger partial charge is 0.379 e. The Bertz CT molecular complexity index is 203. The minimum absolute atomic E-state index is 0.147. The van der Waals surface area contributed by atoms with Gasteiger partial charge < -0.3 is 15.0 Å². The molecule has 5 heteroatoms. The first-order valence-electron chi connectivity index (χ1n) is 5.90. The average molecular weight is 229 g/mol. The van der Waals surface area contributed by atoms with Crippen LogP contribution in [0, 0.1) is 0 Å². The molecule has 1 saturated heterocycles. The molecule has 0 radical (unpaired) electrons. The fourth-order valence-corrected chi connectivity index (χ4v) is 1.59. The lowest BCUT2D eigenvalue weighted by Crippen LogP contribution is -2.39. The number of hydrogen-bond donors (Lipinski definition) is 1. The van der Waals surface area contributed by atoms with Gasteiger partial charge in [0.2, 0.25) is 5.91 Å². The van der Waals surface area contributed by atoms with Crippen LogP contribution in [0.3, 0.4) is 0 Å². The van der Waals surface area contributed by atoms with Crippen molar-refractivity contribution in [1.82, 2.24) is 15.1 Å². The Morgan fingerprint density at radius 1 is 1.38 bits per heavy atom. The van der Waals surface area contributed by atoms with Crippen molar-refractivity contribution in [3.05, 3.63) is 0 Å². The minimum atomic E-state index is 0.147. The van der Waals surface area contributed by atoms with Crippen LogP contribution in [0.25, 0.3) is 0 Å². The van der Waals surface area contributed by atoms with E-state index in [2.05, 4.69) is 15.1 Å². The summed E-state index contributed by atoms with van der Waals surface area (Å²) >= 11 is 0. The molecule has 1 amide bonds. The standard InChI is InChI=1S/C11H23N3O2/c1-13(2)6-4-12-11(15)3-5-14-7-9-16-10-8-14/h3-10H2,1-2H3,(H,12,15). The molecule has 94 valence electrons. The molecule has 1 N–H and O–H groups in total. The van der Waals surface area contributed by atoms with Gasteiger partial charge in [0, 0.05) is 39.1 Å². The number of amides is 1. The van der Waals surface area contributed by atoms with Crippen LogP contribution in [0.5, 0.6) is 0 Å². The predicted molar refractivity (Wildman–Crippen MR) is 63.4 cm³/mol. The normalized spacial score (nSPS) is 17.7. The lowest BCUT2D eigenvalue weighted by atomic mass is 10.3. The Morgan fingerprint density at radius 2 is 2.06 bits per heavy atom. The van der Waals surface area contributed by atoms with Gasteiger partial charge in [0.25, 0.3) is 0 Å². The first-order valence-corrected chi connectivity index (χ1v) is 5.90. The third kappa shape index (κ3) is 6.05. The fourth-order valence-electron chi connectivity index (χ4n) is 1.59. The highest BCUT2D eigenvalue weighted by Crippen LogP contribution is 1.97. The van der Waals surface area contributed by atoms with Gasteiger partial charge in [-0.25, -0.2) is 0 Å². The van der Waals surface area contributed by atoms with Gasteiger partial charge in [-0.15, -0.1) is 0 Å². The van der Waals surface area contributed by atoms with Crippen molar-refractivity contribution in [3.63, 3.8) is 0 Å². The number of rotatable bonds is 6. The molecule has 0 aromatic rings. The van der Waals surface area contributed by atoms with Crippen molar-refractivity contribution in [2.75, 3.05) is 60.0 Å². The zero-order valence-electron chi connectivity index (χ0n) is 10.4. The molecule has 1 fully saturated rings. The van der Waals surface area contributed by atoms with E-state index < -0.39 is 0 Å². The molecule has 0 unspecified atom stereocenters.